The Balaban J connectivity index is 2.02. The Labute approximate surface area is 178 Å². The zero-order chi connectivity index (χ0) is 22.8. The lowest BCUT2D eigenvalue weighted by molar-refractivity contribution is -0.174. The van der Waals surface area contributed by atoms with Crippen LogP contribution in [0, 0.1) is 12.7 Å². The van der Waals surface area contributed by atoms with E-state index in [4.69, 9.17) is 16.3 Å². The first-order valence-electron chi connectivity index (χ1n) is 8.79. The highest BCUT2D eigenvalue weighted by molar-refractivity contribution is 6.29. The van der Waals surface area contributed by atoms with Crippen LogP contribution in [0.15, 0.2) is 18.2 Å². The second-order valence-corrected chi connectivity index (χ2v) is 6.70. The largest absolute Gasteiger partial charge is 0.464 e. The monoisotopic (exact) mass is 461 g/mol. The summed E-state index contributed by atoms with van der Waals surface area (Å²) in [5, 5.41) is 6.82. The summed E-state index contributed by atoms with van der Waals surface area (Å²) in [4.78, 5) is 20.2. The maximum Gasteiger partial charge on any atom is 0.411 e. The number of ether oxygens (including phenoxy) is 2. The van der Waals surface area contributed by atoms with Crippen molar-refractivity contribution in [3.05, 3.63) is 40.6 Å². The number of alkyl halides is 3. The molecule has 0 amide bonds. The fraction of sp³-hybridized carbons (Fsp3) is 0.333. The highest BCUT2D eigenvalue weighted by Crippen LogP contribution is 2.29. The summed E-state index contributed by atoms with van der Waals surface area (Å²) in [5.74, 6) is -1.12. The van der Waals surface area contributed by atoms with Crippen molar-refractivity contribution in [1.82, 2.24) is 19.7 Å². The van der Waals surface area contributed by atoms with Gasteiger partial charge in [0.15, 0.2) is 11.5 Å². The Morgan fingerprint density at radius 1 is 1.29 bits per heavy atom. The number of fused-ring (bicyclic) bond motifs is 1. The second-order valence-electron chi connectivity index (χ2n) is 6.36. The molecule has 1 N–H and O–H groups in total. The van der Waals surface area contributed by atoms with Crippen molar-refractivity contribution in [2.24, 2.45) is 0 Å². The molecule has 3 aromatic rings. The third-order valence-electron chi connectivity index (χ3n) is 4.07. The van der Waals surface area contributed by atoms with Crippen LogP contribution in [-0.4, -0.2) is 52.2 Å². The van der Waals surface area contributed by atoms with Crippen LogP contribution in [0.2, 0.25) is 5.28 Å². The Morgan fingerprint density at radius 2 is 2.03 bits per heavy atom. The van der Waals surface area contributed by atoms with E-state index in [0.29, 0.717) is 11.3 Å². The van der Waals surface area contributed by atoms with E-state index in [0.717, 1.165) is 7.11 Å². The van der Waals surface area contributed by atoms with E-state index >= 15 is 0 Å². The molecule has 1 aromatic carbocycles. The first-order chi connectivity index (χ1) is 14.6. The molecule has 8 nitrogen and oxygen atoms in total. The van der Waals surface area contributed by atoms with Gasteiger partial charge in [-0.15, -0.1) is 0 Å². The van der Waals surface area contributed by atoms with Crippen LogP contribution < -0.4 is 5.32 Å². The zero-order valence-electron chi connectivity index (χ0n) is 16.3. The van der Waals surface area contributed by atoms with Gasteiger partial charge in [-0.2, -0.15) is 23.3 Å². The number of anilines is 2. The van der Waals surface area contributed by atoms with Crippen LogP contribution in [0.25, 0.3) is 11.0 Å². The SMILES string of the molecule is COC(=O)c1nn(CCOCC(F)(F)F)c2c(Nc3ccc(F)c(C)c3)nc(Cl)nc12. The number of rotatable bonds is 7. The highest BCUT2D eigenvalue weighted by atomic mass is 35.5. The molecule has 3 rings (SSSR count). The number of carbonyl (C=O) groups is 1. The van der Waals surface area contributed by atoms with Gasteiger partial charge in [-0.05, 0) is 42.3 Å². The third kappa shape index (κ3) is 5.39. The fourth-order valence-electron chi connectivity index (χ4n) is 2.74. The van der Waals surface area contributed by atoms with Crippen molar-refractivity contribution in [1.29, 1.82) is 0 Å². The topological polar surface area (TPSA) is 91.2 Å². The number of hydrogen-bond donors (Lipinski definition) is 1. The van der Waals surface area contributed by atoms with Crippen molar-refractivity contribution < 1.29 is 31.8 Å². The lowest BCUT2D eigenvalue weighted by Gasteiger charge is -2.11. The molecule has 0 fully saturated rings. The summed E-state index contributed by atoms with van der Waals surface area (Å²) < 4.78 is 61.1. The summed E-state index contributed by atoms with van der Waals surface area (Å²) in [6.07, 6.45) is -4.48. The molecular weight excluding hydrogens is 446 g/mol. The molecule has 0 saturated carbocycles. The molecule has 0 radical (unpaired) electrons. The molecule has 2 aromatic heterocycles. The first-order valence-corrected chi connectivity index (χ1v) is 9.17. The molecule has 0 aliphatic rings. The van der Waals surface area contributed by atoms with Gasteiger partial charge in [0.1, 0.15) is 23.5 Å². The number of carbonyl (C=O) groups excluding carboxylic acids is 1. The quantitative estimate of drug-likeness (QED) is 0.246. The van der Waals surface area contributed by atoms with Crippen LogP contribution in [0.3, 0.4) is 0 Å². The van der Waals surface area contributed by atoms with E-state index in [1.54, 1.807) is 6.92 Å². The normalized spacial score (nSPS) is 11.7. The average Bonchev–Trinajstić information content (AvgIpc) is 3.05. The zero-order valence-corrected chi connectivity index (χ0v) is 17.0. The van der Waals surface area contributed by atoms with Crippen molar-refractivity contribution >= 4 is 40.1 Å². The Kier molecular flexibility index (Phi) is 6.60. The van der Waals surface area contributed by atoms with Crippen molar-refractivity contribution in [2.75, 3.05) is 25.6 Å². The summed E-state index contributed by atoms with van der Waals surface area (Å²) in [6, 6.07) is 4.23. The van der Waals surface area contributed by atoms with Crippen LogP contribution >= 0.6 is 11.6 Å². The molecule has 0 aliphatic heterocycles. The molecule has 2 heterocycles. The van der Waals surface area contributed by atoms with Crippen LogP contribution in [0.4, 0.5) is 29.1 Å². The number of hydrogen-bond acceptors (Lipinski definition) is 7. The molecule has 0 atom stereocenters. The van der Waals surface area contributed by atoms with E-state index < -0.39 is 24.6 Å². The van der Waals surface area contributed by atoms with Gasteiger partial charge in [0.2, 0.25) is 5.28 Å². The number of aryl methyl sites for hydroxylation is 1. The lowest BCUT2D eigenvalue weighted by Crippen LogP contribution is -2.19. The van der Waals surface area contributed by atoms with Crippen LogP contribution in [-0.2, 0) is 16.0 Å². The van der Waals surface area contributed by atoms with Gasteiger partial charge >= 0.3 is 12.1 Å². The molecular formula is C18H16ClF4N5O3. The minimum Gasteiger partial charge on any atom is -0.464 e. The van der Waals surface area contributed by atoms with E-state index in [2.05, 4.69) is 25.1 Å². The molecule has 0 unspecified atom stereocenters. The minimum absolute atomic E-state index is 0.0315. The number of aromatic nitrogens is 4. The fourth-order valence-corrected chi connectivity index (χ4v) is 2.91. The first kappa shape index (κ1) is 22.7. The number of halogens is 5. The molecule has 13 heteroatoms. The van der Waals surface area contributed by atoms with E-state index in [1.807, 2.05) is 0 Å². The standard InChI is InChI=1S/C18H16ClF4N5O3/c1-9-7-10(3-4-11(9)20)24-15-14-12(25-17(19)26-15)13(16(29)30-2)27-28(14)5-6-31-8-18(21,22)23/h3-4,7H,5-6,8H2,1-2H3,(H,24,25,26). The molecule has 0 spiro atoms. The smallest absolute Gasteiger partial charge is 0.411 e. The van der Waals surface area contributed by atoms with Crippen LogP contribution in [0.1, 0.15) is 16.1 Å². The van der Waals surface area contributed by atoms with Gasteiger partial charge in [-0.25, -0.2) is 14.2 Å². The van der Waals surface area contributed by atoms with E-state index in [1.165, 1.54) is 22.9 Å². The molecule has 0 bridgehead atoms. The summed E-state index contributed by atoms with van der Waals surface area (Å²) in [7, 11) is 1.14. The number of esters is 1. The second kappa shape index (κ2) is 9.02. The maximum absolute atomic E-state index is 13.6. The van der Waals surface area contributed by atoms with E-state index in [9.17, 15) is 22.4 Å². The summed E-state index contributed by atoms with van der Waals surface area (Å²) in [5.41, 5.74) is 0.837. The number of benzene rings is 1. The maximum atomic E-state index is 13.6. The minimum atomic E-state index is -4.48. The van der Waals surface area contributed by atoms with Gasteiger partial charge in [0.25, 0.3) is 0 Å². The molecule has 0 saturated heterocycles. The average molecular weight is 462 g/mol. The van der Waals surface area contributed by atoms with Gasteiger partial charge < -0.3 is 14.8 Å². The van der Waals surface area contributed by atoms with Crippen molar-refractivity contribution in [2.45, 2.75) is 19.6 Å². The van der Waals surface area contributed by atoms with Gasteiger partial charge in [-0.3, -0.25) is 4.68 Å². The van der Waals surface area contributed by atoms with Gasteiger partial charge in [-0.1, -0.05) is 0 Å². The molecule has 31 heavy (non-hydrogen) atoms. The number of methoxy groups -OCH3 is 1. The Morgan fingerprint density at radius 3 is 2.68 bits per heavy atom. The third-order valence-corrected chi connectivity index (χ3v) is 4.24. The molecule has 166 valence electrons. The predicted octanol–water partition coefficient (Wildman–Crippen LogP) is 4.04. The van der Waals surface area contributed by atoms with Crippen LogP contribution in [0.5, 0.6) is 0 Å². The Bertz CT molecular complexity index is 1120. The van der Waals surface area contributed by atoms with Gasteiger partial charge in [0, 0.05) is 5.69 Å². The lowest BCUT2D eigenvalue weighted by atomic mass is 10.2. The summed E-state index contributed by atoms with van der Waals surface area (Å²) >= 11 is 5.99. The highest BCUT2D eigenvalue weighted by Gasteiger charge is 2.28. The van der Waals surface area contributed by atoms with Crippen molar-refractivity contribution in [3.63, 3.8) is 0 Å². The Hall–Kier alpha value is -2.99. The van der Waals surface area contributed by atoms with E-state index in [-0.39, 0.29) is 41.0 Å². The van der Waals surface area contributed by atoms with Gasteiger partial charge in [0.05, 0.1) is 20.3 Å². The number of nitrogens with zero attached hydrogens (tertiary/aromatic N) is 4. The number of nitrogens with one attached hydrogen (secondary N) is 1. The van der Waals surface area contributed by atoms with Crippen molar-refractivity contribution in [3.8, 4) is 0 Å². The molecule has 0 aliphatic carbocycles. The predicted molar refractivity (Wildman–Crippen MR) is 103 cm³/mol. The summed E-state index contributed by atoms with van der Waals surface area (Å²) in [6.45, 7) is -0.362.